The average Bonchev–Trinajstić information content (AvgIpc) is 2.56. The van der Waals surface area contributed by atoms with Crippen LogP contribution in [0.15, 0.2) is 4.52 Å². The van der Waals surface area contributed by atoms with Crippen molar-refractivity contribution < 1.29 is 4.52 Å². The molecular formula is C8H15N3OS. The monoisotopic (exact) mass is 201 g/mol. The fourth-order valence-electron chi connectivity index (χ4n) is 1.10. The zero-order valence-electron chi connectivity index (χ0n) is 8.20. The topological polar surface area (TPSA) is 51.0 Å². The van der Waals surface area contributed by atoms with E-state index in [1.54, 1.807) is 11.8 Å². The fourth-order valence-corrected chi connectivity index (χ4v) is 1.47. The molecule has 1 aromatic heterocycles. The van der Waals surface area contributed by atoms with Crippen LogP contribution in [0.5, 0.6) is 0 Å². The third-order valence-corrected chi connectivity index (χ3v) is 2.36. The van der Waals surface area contributed by atoms with Crippen molar-refractivity contribution in [3.05, 3.63) is 11.7 Å². The lowest BCUT2D eigenvalue weighted by Gasteiger charge is -2.06. The van der Waals surface area contributed by atoms with Crippen LogP contribution in [0.2, 0.25) is 0 Å². The molecule has 0 bridgehead atoms. The lowest BCUT2D eigenvalue weighted by molar-refractivity contribution is 0.332. The molecule has 5 heteroatoms. The summed E-state index contributed by atoms with van der Waals surface area (Å²) < 4.78 is 5.12. The van der Waals surface area contributed by atoms with Crippen LogP contribution in [0, 0.1) is 0 Å². The van der Waals surface area contributed by atoms with Crippen molar-refractivity contribution in [3.63, 3.8) is 0 Å². The van der Waals surface area contributed by atoms with Gasteiger partial charge in [-0.3, -0.25) is 0 Å². The molecule has 0 saturated heterocycles. The summed E-state index contributed by atoms with van der Waals surface area (Å²) in [7, 11) is 1.90. The second-order valence-electron chi connectivity index (χ2n) is 2.73. The highest BCUT2D eigenvalue weighted by atomic mass is 32.2. The van der Waals surface area contributed by atoms with E-state index < -0.39 is 0 Å². The van der Waals surface area contributed by atoms with Gasteiger partial charge in [0, 0.05) is 0 Å². The summed E-state index contributed by atoms with van der Waals surface area (Å²) in [5.74, 6) is 2.27. The van der Waals surface area contributed by atoms with Crippen molar-refractivity contribution in [2.75, 3.05) is 13.3 Å². The van der Waals surface area contributed by atoms with Gasteiger partial charge in [-0.1, -0.05) is 12.1 Å². The highest BCUT2D eigenvalue weighted by Crippen LogP contribution is 2.14. The highest BCUT2D eigenvalue weighted by Gasteiger charge is 2.14. The smallest absolute Gasteiger partial charge is 0.243 e. The van der Waals surface area contributed by atoms with Crippen LogP contribution in [0.4, 0.5) is 0 Å². The van der Waals surface area contributed by atoms with Crippen LogP contribution < -0.4 is 5.32 Å². The van der Waals surface area contributed by atoms with Crippen LogP contribution in [0.3, 0.4) is 0 Å². The van der Waals surface area contributed by atoms with Gasteiger partial charge in [0.1, 0.15) is 0 Å². The number of rotatable bonds is 5. The van der Waals surface area contributed by atoms with E-state index in [0.717, 1.165) is 18.0 Å². The Labute approximate surface area is 82.5 Å². The van der Waals surface area contributed by atoms with Crippen molar-refractivity contribution in [2.45, 2.75) is 25.1 Å². The number of hydrogen-bond acceptors (Lipinski definition) is 5. The summed E-state index contributed by atoms with van der Waals surface area (Å²) in [6, 6.07) is 0.183. The molecule has 0 aliphatic rings. The first-order valence-electron chi connectivity index (χ1n) is 4.30. The van der Waals surface area contributed by atoms with Gasteiger partial charge in [0.2, 0.25) is 5.89 Å². The quantitative estimate of drug-likeness (QED) is 0.784. The zero-order valence-corrected chi connectivity index (χ0v) is 9.02. The number of nitrogens with one attached hydrogen (secondary N) is 1. The molecule has 0 aromatic carbocycles. The van der Waals surface area contributed by atoms with E-state index in [0.29, 0.717) is 5.89 Å². The Morgan fingerprint density at radius 3 is 2.92 bits per heavy atom. The number of thioether (sulfide) groups is 1. The second kappa shape index (κ2) is 5.24. The van der Waals surface area contributed by atoms with Gasteiger partial charge in [-0.05, 0) is 19.7 Å². The lowest BCUT2D eigenvalue weighted by atomic mass is 10.2. The van der Waals surface area contributed by atoms with Gasteiger partial charge in [-0.25, -0.2) is 0 Å². The Bertz CT molecular complexity index is 247. The molecule has 0 spiro atoms. The molecule has 1 heterocycles. The first-order chi connectivity index (χ1) is 6.31. The molecule has 0 fully saturated rings. The van der Waals surface area contributed by atoms with Gasteiger partial charge in [0.05, 0.1) is 11.8 Å². The predicted octanol–water partition coefficient (Wildman–Crippen LogP) is 1.60. The van der Waals surface area contributed by atoms with Crippen LogP contribution in [0.25, 0.3) is 0 Å². The van der Waals surface area contributed by atoms with Crippen molar-refractivity contribution >= 4 is 11.8 Å². The third kappa shape index (κ3) is 2.70. The Balaban J connectivity index is 2.66. The maximum atomic E-state index is 5.12. The van der Waals surface area contributed by atoms with Crippen LogP contribution in [0.1, 0.15) is 31.1 Å². The summed E-state index contributed by atoms with van der Waals surface area (Å²) >= 11 is 1.69. The number of aromatic nitrogens is 2. The molecule has 13 heavy (non-hydrogen) atoms. The maximum Gasteiger partial charge on any atom is 0.243 e. The van der Waals surface area contributed by atoms with Crippen molar-refractivity contribution in [2.24, 2.45) is 0 Å². The molecule has 0 aliphatic heterocycles. The predicted molar refractivity (Wildman–Crippen MR) is 53.6 cm³/mol. The molecule has 1 rings (SSSR count). The van der Waals surface area contributed by atoms with E-state index in [4.69, 9.17) is 4.52 Å². The van der Waals surface area contributed by atoms with Gasteiger partial charge in [0.25, 0.3) is 0 Å². The minimum Gasteiger partial charge on any atom is -0.338 e. The Morgan fingerprint density at radius 1 is 1.62 bits per heavy atom. The van der Waals surface area contributed by atoms with E-state index in [1.165, 1.54) is 0 Å². The van der Waals surface area contributed by atoms with E-state index >= 15 is 0 Å². The van der Waals surface area contributed by atoms with Crippen LogP contribution in [-0.2, 0) is 5.75 Å². The Kier molecular flexibility index (Phi) is 4.24. The Hall–Kier alpha value is -0.550. The molecule has 0 amide bonds. The molecule has 1 aromatic rings. The molecule has 0 aliphatic carbocycles. The summed E-state index contributed by atoms with van der Waals surface area (Å²) in [4.78, 5) is 4.28. The fraction of sp³-hybridized carbons (Fsp3) is 0.750. The Morgan fingerprint density at radius 2 is 2.38 bits per heavy atom. The van der Waals surface area contributed by atoms with Gasteiger partial charge in [-0.2, -0.15) is 16.7 Å². The highest BCUT2D eigenvalue weighted by molar-refractivity contribution is 7.97. The van der Waals surface area contributed by atoms with Gasteiger partial charge < -0.3 is 9.84 Å². The lowest BCUT2D eigenvalue weighted by Crippen LogP contribution is -2.15. The molecule has 0 radical (unpaired) electrons. The summed E-state index contributed by atoms with van der Waals surface area (Å²) in [6.07, 6.45) is 2.98. The molecule has 4 nitrogen and oxygen atoms in total. The first-order valence-corrected chi connectivity index (χ1v) is 5.69. The third-order valence-electron chi connectivity index (χ3n) is 1.81. The van der Waals surface area contributed by atoms with Crippen molar-refractivity contribution in [1.82, 2.24) is 15.5 Å². The minimum atomic E-state index is 0.183. The van der Waals surface area contributed by atoms with Gasteiger partial charge >= 0.3 is 0 Å². The molecule has 1 N–H and O–H groups in total. The molecule has 1 atom stereocenters. The van der Waals surface area contributed by atoms with E-state index in [1.807, 2.05) is 13.3 Å². The molecule has 0 saturated carbocycles. The van der Waals surface area contributed by atoms with Crippen LogP contribution >= 0.6 is 11.8 Å². The number of nitrogens with zero attached hydrogens (tertiary/aromatic N) is 2. The normalized spacial score (nSPS) is 13.2. The largest absolute Gasteiger partial charge is 0.338 e. The summed E-state index contributed by atoms with van der Waals surface area (Å²) in [5.41, 5.74) is 0. The van der Waals surface area contributed by atoms with E-state index in [9.17, 15) is 0 Å². The average molecular weight is 201 g/mol. The second-order valence-corrected chi connectivity index (χ2v) is 3.60. The van der Waals surface area contributed by atoms with Crippen molar-refractivity contribution in [1.29, 1.82) is 0 Å². The molecule has 74 valence electrons. The van der Waals surface area contributed by atoms with Crippen molar-refractivity contribution in [3.8, 4) is 0 Å². The summed E-state index contributed by atoms with van der Waals surface area (Å²) in [5, 5.41) is 7.00. The SMILES string of the molecule is CCC(NC)c1nc(CSC)no1. The van der Waals surface area contributed by atoms with E-state index in [2.05, 4.69) is 22.4 Å². The zero-order chi connectivity index (χ0) is 9.68. The minimum absolute atomic E-state index is 0.183. The standard InChI is InChI=1S/C8H15N3OS/c1-4-6(9-2)8-10-7(5-13-3)11-12-8/h6,9H,4-5H2,1-3H3. The molecular weight excluding hydrogens is 186 g/mol. The van der Waals surface area contributed by atoms with Crippen LogP contribution in [-0.4, -0.2) is 23.4 Å². The maximum absolute atomic E-state index is 5.12. The van der Waals surface area contributed by atoms with Gasteiger partial charge in [-0.15, -0.1) is 0 Å². The number of hydrogen-bond donors (Lipinski definition) is 1. The first kappa shape index (κ1) is 10.5. The van der Waals surface area contributed by atoms with E-state index in [-0.39, 0.29) is 6.04 Å². The molecule has 1 unspecified atom stereocenters. The summed E-state index contributed by atoms with van der Waals surface area (Å²) in [6.45, 7) is 2.08. The van der Waals surface area contributed by atoms with Gasteiger partial charge in [0.15, 0.2) is 5.82 Å².